The SMILES string of the molecule is O=C1NCCCC[C@H]1N1CCN(C(=O)Cc2ccccc2Cl)CC1. The van der Waals surface area contributed by atoms with Gasteiger partial charge in [0.1, 0.15) is 0 Å². The fourth-order valence-corrected chi connectivity index (χ4v) is 3.67. The quantitative estimate of drug-likeness (QED) is 0.903. The van der Waals surface area contributed by atoms with Crippen molar-refractivity contribution in [1.29, 1.82) is 0 Å². The van der Waals surface area contributed by atoms with Gasteiger partial charge >= 0.3 is 0 Å². The van der Waals surface area contributed by atoms with E-state index in [1.54, 1.807) is 0 Å². The average Bonchev–Trinajstić information content (AvgIpc) is 2.81. The number of halogens is 1. The number of carbonyl (C=O) groups excluding carboxylic acids is 2. The monoisotopic (exact) mass is 349 g/mol. The number of hydrogen-bond donors (Lipinski definition) is 1. The number of nitrogens with one attached hydrogen (secondary N) is 1. The molecule has 2 fully saturated rings. The Kier molecular flexibility index (Phi) is 5.74. The lowest BCUT2D eigenvalue weighted by atomic mass is 10.1. The van der Waals surface area contributed by atoms with E-state index < -0.39 is 0 Å². The van der Waals surface area contributed by atoms with Crippen LogP contribution >= 0.6 is 11.6 Å². The first kappa shape index (κ1) is 17.2. The topological polar surface area (TPSA) is 52.7 Å². The van der Waals surface area contributed by atoms with Crippen LogP contribution in [0.3, 0.4) is 0 Å². The number of nitrogens with zero attached hydrogens (tertiary/aromatic N) is 2. The van der Waals surface area contributed by atoms with Crippen molar-refractivity contribution in [2.75, 3.05) is 32.7 Å². The van der Waals surface area contributed by atoms with Crippen molar-refractivity contribution in [3.8, 4) is 0 Å². The van der Waals surface area contributed by atoms with Crippen LogP contribution in [-0.4, -0.2) is 60.4 Å². The number of carbonyl (C=O) groups is 2. The Balaban J connectivity index is 1.53. The molecule has 1 aromatic rings. The third-order valence-corrected chi connectivity index (χ3v) is 5.28. The molecule has 0 aliphatic carbocycles. The fraction of sp³-hybridized carbons (Fsp3) is 0.556. The van der Waals surface area contributed by atoms with Crippen LogP contribution in [0.2, 0.25) is 5.02 Å². The van der Waals surface area contributed by atoms with Gasteiger partial charge in [0.2, 0.25) is 11.8 Å². The third-order valence-electron chi connectivity index (χ3n) is 4.91. The minimum atomic E-state index is -0.0340. The van der Waals surface area contributed by atoms with Gasteiger partial charge < -0.3 is 10.2 Å². The highest BCUT2D eigenvalue weighted by Gasteiger charge is 2.30. The molecule has 2 heterocycles. The van der Waals surface area contributed by atoms with Gasteiger partial charge in [-0.3, -0.25) is 14.5 Å². The molecule has 2 amide bonds. The normalized spacial score (nSPS) is 22.8. The number of amides is 2. The van der Waals surface area contributed by atoms with Crippen LogP contribution in [0, 0.1) is 0 Å². The van der Waals surface area contributed by atoms with E-state index in [0.717, 1.165) is 44.5 Å². The lowest BCUT2D eigenvalue weighted by molar-refractivity contribution is -0.133. The molecule has 2 saturated heterocycles. The molecule has 0 unspecified atom stereocenters. The van der Waals surface area contributed by atoms with Crippen LogP contribution in [0.5, 0.6) is 0 Å². The first-order valence-electron chi connectivity index (χ1n) is 8.68. The van der Waals surface area contributed by atoms with Gasteiger partial charge in [-0.1, -0.05) is 29.8 Å². The van der Waals surface area contributed by atoms with Crippen molar-refractivity contribution in [3.63, 3.8) is 0 Å². The van der Waals surface area contributed by atoms with Crippen molar-refractivity contribution in [3.05, 3.63) is 34.9 Å². The first-order chi connectivity index (χ1) is 11.6. The summed E-state index contributed by atoms with van der Waals surface area (Å²) in [6.45, 7) is 3.64. The predicted octanol–water partition coefficient (Wildman–Crippen LogP) is 1.70. The summed E-state index contributed by atoms with van der Waals surface area (Å²) in [6, 6.07) is 7.44. The highest BCUT2D eigenvalue weighted by atomic mass is 35.5. The van der Waals surface area contributed by atoms with E-state index in [-0.39, 0.29) is 17.9 Å². The molecule has 3 rings (SSSR count). The van der Waals surface area contributed by atoms with Gasteiger partial charge in [0, 0.05) is 37.7 Å². The van der Waals surface area contributed by atoms with Crippen molar-refractivity contribution in [1.82, 2.24) is 15.1 Å². The maximum absolute atomic E-state index is 12.5. The summed E-state index contributed by atoms with van der Waals surface area (Å²) in [7, 11) is 0. The second-order valence-electron chi connectivity index (χ2n) is 6.49. The molecule has 5 nitrogen and oxygen atoms in total. The summed E-state index contributed by atoms with van der Waals surface area (Å²) in [6.07, 6.45) is 3.39. The van der Waals surface area contributed by atoms with Gasteiger partial charge in [0.05, 0.1) is 12.5 Å². The predicted molar refractivity (Wildman–Crippen MR) is 94.0 cm³/mol. The Morgan fingerprint density at radius 2 is 1.92 bits per heavy atom. The summed E-state index contributed by atoms with van der Waals surface area (Å²) in [5.41, 5.74) is 0.870. The van der Waals surface area contributed by atoms with Gasteiger partial charge in [-0.2, -0.15) is 0 Å². The molecule has 1 aromatic carbocycles. The van der Waals surface area contributed by atoms with Crippen LogP contribution in [0.4, 0.5) is 0 Å². The van der Waals surface area contributed by atoms with Gasteiger partial charge in [0.25, 0.3) is 0 Å². The van der Waals surface area contributed by atoms with Crippen LogP contribution < -0.4 is 5.32 Å². The fourth-order valence-electron chi connectivity index (χ4n) is 3.47. The largest absolute Gasteiger partial charge is 0.355 e. The molecular formula is C18H24ClN3O2. The highest BCUT2D eigenvalue weighted by molar-refractivity contribution is 6.31. The highest BCUT2D eigenvalue weighted by Crippen LogP contribution is 2.18. The molecule has 1 atom stereocenters. The summed E-state index contributed by atoms with van der Waals surface area (Å²) >= 11 is 6.14. The van der Waals surface area contributed by atoms with Crippen molar-refractivity contribution in [2.45, 2.75) is 31.7 Å². The molecule has 2 aliphatic heterocycles. The molecule has 2 aliphatic rings. The summed E-state index contributed by atoms with van der Waals surface area (Å²) < 4.78 is 0. The minimum Gasteiger partial charge on any atom is -0.355 e. The number of piperazine rings is 1. The molecule has 130 valence electrons. The van der Waals surface area contributed by atoms with E-state index in [0.29, 0.717) is 24.5 Å². The van der Waals surface area contributed by atoms with E-state index >= 15 is 0 Å². The molecular weight excluding hydrogens is 326 g/mol. The zero-order valence-electron chi connectivity index (χ0n) is 13.8. The molecule has 6 heteroatoms. The van der Waals surface area contributed by atoms with E-state index in [9.17, 15) is 9.59 Å². The van der Waals surface area contributed by atoms with Crippen molar-refractivity contribution >= 4 is 23.4 Å². The van der Waals surface area contributed by atoms with Gasteiger partial charge in [-0.05, 0) is 30.9 Å². The van der Waals surface area contributed by atoms with Crippen LogP contribution in [0.1, 0.15) is 24.8 Å². The zero-order valence-corrected chi connectivity index (χ0v) is 14.6. The minimum absolute atomic E-state index is 0.0340. The Labute approximate surface area is 147 Å². The van der Waals surface area contributed by atoms with E-state index in [1.165, 1.54) is 0 Å². The Morgan fingerprint density at radius 1 is 1.17 bits per heavy atom. The van der Waals surface area contributed by atoms with E-state index in [4.69, 9.17) is 11.6 Å². The average molecular weight is 350 g/mol. The smallest absolute Gasteiger partial charge is 0.237 e. The third kappa shape index (κ3) is 4.08. The van der Waals surface area contributed by atoms with Gasteiger partial charge in [0.15, 0.2) is 0 Å². The zero-order chi connectivity index (χ0) is 16.9. The number of hydrogen-bond acceptors (Lipinski definition) is 3. The summed E-state index contributed by atoms with van der Waals surface area (Å²) in [5, 5.41) is 3.63. The van der Waals surface area contributed by atoms with E-state index in [1.807, 2.05) is 29.2 Å². The molecule has 1 N–H and O–H groups in total. The summed E-state index contributed by atoms with van der Waals surface area (Å²) in [5.74, 6) is 0.247. The van der Waals surface area contributed by atoms with E-state index in [2.05, 4.69) is 10.2 Å². The lowest BCUT2D eigenvalue weighted by Crippen LogP contribution is -2.55. The molecule has 0 aromatic heterocycles. The Hall–Kier alpha value is -1.59. The van der Waals surface area contributed by atoms with Crippen molar-refractivity contribution in [2.24, 2.45) is 0 Å². The maximum Gasteiger partial charge on any atom is 0.237 e. The number of benzene rings is 1. The molecule has 0 saturated carbocycles. The summed E-state index contributed by atoms with van der Waals surface area (Å²) in [4.78, 5) is 28.8. The maximum atomic E-state index is 12.5. The van der Waals surface area contributed by atoms with Crippen LogP contribution in [0.15, 0.2) is 24.3 Å². The number of rotatable bonds is 3. The second kappa shape index (κ2) is 7.99. The van der Waals surface area contributed by atoms with Crippen molar-refractivity contribution < 1.29 is 9.59 Å². The van der Waals surface area contributed by atoms with Crippen LogP contribution in [0.25, 0.3) is 0 Å². The standard InChI is InChI=1S/C18H24ClN3O2/c19-15-6-2-1-5-14(15)13-17(23)22-11-9-21(10-12-22)16-7-3-4-8-20-18(16)24/h1-2,5-6,16H,3-4,7-13H2,(H,20,24)/t16-/m1/s1. The molecule has 0 bridgehead atoms. The first-order valence-corrected chi connectivity index (χ1v) is 9.06. The lowest BCUT2D eigenvalue weighted by Gasteiger charge is -2.38. The van der Waals surface area contributed by atoms with Gasteiger partial charge in [-0.25, -0.2) is 0 Å². The Bertz CT molecular complexity index is 600. The molecule has 24 heavy (non-hydrogen) atoms. The molecule has 0 spiro atoms. The Morgan fingerprint density at radius 3 is 2.67 bits per heavy atom. The van der Waals surface area contributed by atoms with Gasteiger partial charge in [-0.15, -0.1) is 0 Å². The van der Waals surface area contributed by atoms with Crippen LogP contribution in [-0.2, 0) is 16.0 Å². The molecule has 0 radical (unpaired) electrons. The second-order valence-corrected chi connectivity index (χ2v) is 6.89.